The molecule has 0 bridgehead atoms. The van der Waals surface area contributed by atoms with Crippen molar-refractivity contribution in [2.45, 2.75) is 19.8 Å². The monoisotopic (exact) mass is 324 g/mol. The van der Waals surface area contributed by atoms with Crippen molar-refractivity contribution in [2.24, 2.45) is 5.73 Å². The third kappa shape index (κ3) is 2.53. The Morgan fingerprint density at radius 2 is 2.11 bits per heavy atom. The van der Waals surface area contributed by atoms with Crippen LogP contribution in [0.1, 0.15) is 31.0 Å². The van der Waals surface area contributed by atoms with Gasteiger partial charge in [0, 0.05) is 11.8 Å². The van der Waals surface area contributed by atoms with Gasteiger partial charge in [0.1, 0.15) is 11.5 Å². The second kappa shape index (κ2) is 5.13. The Kier molecular flexibility index (Phi) is 3.71. The maximum Gasteiger partial charge on any atom is 0.163 e. The number of hydrogen-bond donors (Lipinski definition) is 2. The lowest BCUT2D eigenvalue weighted by Gasteiger charge is -2.09. The minimum Gasteiger partial charge on any atom is -0.384 e. The molecule has 0 atom stereocenters. The Morgan fingerprint density at radius 1 is 1.42 bits per heavy atom. The number of benzene rings is 1. The van der Waals surface area contributed by atoms with E-state index < -0.39 is 5.82 Å². The van der Waals surface area contributed by atoms with Gasteiger partial charge in [0.2, 0.25) is 0 Å². The second-order valence-electron chi connectivity index (χ2n) is 4.51. The summed E-state index contributed by atoms with van der Waals surface area (Å²) in [6.45, 7) is 4.05. The van der Waals surface area contributed by atoms with E-state index in [-0.39, 0.29) is 16.2 Å². The summed E-state index contributed by atoms with van der Waals surface area (Å²) in [5.74, 6) is -0.379. The minimum atomic E-state index is -0.480. The van der Waals surface area contributed by atoms with Gasteiger partial charge in [-0.15, -0.1) is 0 Å². The van der Waals surface area contributed by atoms with Crippen LogP contribution in [-0.2, 0) is 0 Å². The molecule has 0 radical (unpaired) electrons. The van der Waals surface area contributed by atoms with Crippen molar-refractivity contribution >= 4 is 21.8 Å². The zero-order valence-electron chi connectivity index (χ0n) is 10.6. The first-order chi connectivity index (χ1) is 8.91. The fourth-order valence-corrected chi connectivity index (χ4v) is 2.25. The van der Waals surface area contributed by atoms with Crippen LogP contribution in [0.15, 0.2) is 28.9 Å². The zero-order valence-corrected chi connectivity index (χ0v) is 12.2. The summed E-state index contributed by atoms with van der Waals surface area (Å²) in [6.07, 6.45) is 1.72. The van der Waals surface area contributed by atoms with Crippen LogP contribution in [0.3, 0.4) is 0 Å². The van der Waals surface area contributed by atoms with Gasteiger partial charge >= 0.3 is 0 Å². The Balaban J connectivity index is 2.51. The van der Waals surface area contributed by atoms with Gasteiger partial charge in [0.25, 0.3) is 0 Å². The van der Waals surface area contributed by atoms with Crippen LogP contribution in [0.4, 0.5) is 4.39 Å². The maximum absolute atomic E-state index is 14.3. The number of rotatable bonds is 3. The Hall–Kier alpha value is -1.69. The number of halogens is 2. The molecule has 0 fully saturated rings. The molecule has 1 aromatic heterocycles. The van der Waals surface area contributed by atoms with Gasteiger partial charge < -0.3 is 5.73 Å². The van der Waals surface area contributed by atoms with Gasteiger partial charge in [0.05, 0.1) is 10.2 Å². The predicted octanol–water partition coefficient (Wildman–Crippen LogP) is 3.18. The number of aromatic nitrogens is 2. The lowest BCUT2D eigenvalue weighted by atomic mass is 10.1. The Morgan fingerprint density at radius 3 is 2.63 bits per heavy atom. The molecule has 100 valence electrons. The highest BCUT2D eigenvalue weighted by Gasteiger charge is 2.15. The van der Waals surface area contributed by atoms with Crippen molar-refractivity contribution in [3.63, 3.8) is 0 Å². The van der Waals surface area contributed by atoms with Crippen LogP contribution < -0.4 is 5.73 Å². The smallest absolute Gasteiger partial charge is 0.163 e. The lowest BCUT2D eigenvalue weighted by molar-refractivity contribution is 0.602. The highest BCUT2D eigenvalue weighted by molar-refractivity contribution is 9.10. The molecular formula is C13H14BrFN4. The average Bonchev–Trinajstić information content (AvgIpc) is 2.81. The highest BCUT2D eigenvalue weighted by Crippen LogP contribution is 2.26. The molecule has 3 N–H and O–H groups in total. The lowest BCUT2D eigenvalue weighted by Crippen LogP contribution is -2.13. The second-order valence-corrected chi connectivity index (χ2v) is 5.31. The number of nitrogen functional groups attached to an aromatic ring is 1. The fourth-order valence-electron chi connectivity index (χ4n) is 1.70. The Bertz CT molecular complexity index is 634. The molecule has 0 saturated heterocycles. The largest absolute Gasteiger partial charge is 0.384 e. The molecular weight excluding hydrogens is 311 g/mol. The standard InChI is InChI=1S/C13H14BrFN4/c1-7(2)9-5-6-19(18-9)10-4-3-8(13(16)17)11(14)12(10)15/h3-7H,1-2H3,(H3,16,17). The average molecular weight is 325 g/mol. The molecule has 2 aromatic rings. The van der Waals surface area contributed by atoms with E-state index in [1.54, 1.807) is 18.3 Å². The van der Waals surface area contributed by atoms with E-state index in [2.05, 4.69) is 21.0 Å². The van der Waals surface area contributed by atoms with Gasteiger partial charge in [-0.2, -0.15) is 5.10 Å². The molecule has 0 spiro atoms. The summed E-state index contributed by atoms with van der Waals surface area (Å²) in [5.41, 5.74) is 6.93. The van der Waals surface area contributed by atoms with Gasteiger partial charge in [-0.05, 0) is 40.0 Å². The molecule has 6 heteroatoms. The van der Waals surface area contributed by atoms with E-state index in [0.717, 1.165) is 5.69 Å². The summed E-state index contributed by atoms with van der Waals surface area (Å²) in [6, 6.07) is 5.02. The van der Waals surface area contributed by atoms with Crippen molar-refractivity contribution in [1.29, 1.82) is 5.41 Å². The molecule has 0 unspecified atom stereocenters. The van der Waals surface area contributed by atoms with Crippen LogP contribution in [0.5, 0.6) is 0 Å². The minimum absolute atomic E-state index is 0.180. The van der Waals surface area contributed by atoms with Crippen molar-refractivity contribution in [2.75, 3.05) is 0 Å². The molecule has 0 aliphatic carbocycles. The molecule has 0 amide bonds. The van der Waals surface area contributed by atoms with Crippen molar-refractivity contribution in [3.05, 3.63) is 45.9 Å². The summed E-state index contributed by atoms with van der Waals surface area (Å²) >= 11 is 3.13. The molecule has 4 nitrogen and oxygen atoms in total. The van der Waals surface area contributed by atoms with E-state index in [9.17, 15) is 4.39 Å². The quantitative estimate of drug-likeness (QED) is 0.672. The van der Waals surface area contributed by atoms with E-state index in [1.165, 1.54) is 4.68 Å². The van der Waals surface area contributed by atoms with Gasteiger partial charge in [-0.1, -0.05) is 13.8 Å². The van der Waals surface area contributed by atoms with Crippen LogP contribution in [0, 0.1) is 11.2 Å². The van der Waals surface area contributed by atoms with Crippen LogP contribution in [-0.4, -0.2) is 15.6 Å². The zero-order chi connectivity index (χ0) is 14.2. The topological polar surface area (TPSA) is 67.7 Å². The molecule has 0 aliphatic rings. The summed E-state index contributed by atoms with van der Waals surface area (Å²) in [5, 5.41) is 11.7. The van der Waals surface area contributed by atoms with Crippen LogP contribution in [0.25, 0.3) is 5.69 Å². The highest BCUT2D eigenvalue weighted by atomic mass is 79.9. The number of nitrogens with zero attached hydrogens (tertiary/aromatic N) is 2. The van der Waals surface area contributed by atoms with Gasteiger partial charge in [0.15, 0.2) is 5.82 Å². The molecule has 0 aliphatic heterocycles. The van der Waals surface area contributed by atoms with E-state index in [1.807, 2.05) is 19.9 Å². The first-order valence-electron chi connectivity index (χ1n) is 5.80. The molecule has 0 saturated carbocycles. The number of hydrogen-bond acceptors (Lipinski definition) is 2. The molecule has 19 heavy (non-hydrogen) atoms. The first kappa shape index (κ1) is 13.7. The van der Waals surface area contributed by atoms with E-state index >= 15 is 0 Å². The summed E-state index contributed by atoms with van der Waals surface area (Å²) < 4.78 is 15.9. The summed E-state index contributed by atoms with van der Waals surface area (Å²) in [7, 11) is 0. The summed E-state index contributed by atoms with van der Waals surface area (Å²) in [4.78, 5) is 0. The first-order valence-corrected chi connectivity index (χ1v) is 6.59. The van der Waals surface area contributed by atoms with Gasteiger partial charge in [-0.3, -0.25) is 5.41 Å². The van der Waals surface area contributed by atoms with Crippen LogP contribution in [0.2, 0.25) is 0 Å². The van der Waals surface area contributed by atoms with E-state index in [0.29, 0.717) is 11.3 Å². The SMILES string of the molecule is CC(C)c1ccn(-c2ccc(C(=N)N)c(Br)c2F)n1. The fraction of sp³-hybridized carbons (Fsp3) is 0.231. The molecule has 2 rings (SSSR count). The normalized spacial score (nSPS) is 11.0. The maximum atomic E-state index is 14.3. The van der Waals surface area contributed by atoms with E-state index in [4.69, 9.17) is 11.1 Å². The molecule has 1 heterocycles. The van der Waals surface area contributed by atoms with Crippen molar-refractivity contribution in [1.82, 2.24) is 9.78 Å². The number of nitrogens with two attached hydrogens (primary N) is 1. The van der Waals surface area contributed by atoms with Crippen molar-refractivity contribution in [3.8, 4) is 5.69 Å². The van der Waals surface area contributed by atoms with Gasteiger partial charge in [-0.25, -0.2) is 9.07 Å². The molecule has 1 aromatic carbocycles. The number of amidine groups is 1. The van der Waals surface area contributed by atoms with Crippen LogP contribution >= 0.6 is 15.9 Å². The number of nitrogens with one attached hydrogen (secondary N) is 1. The third-order valence-corrected chi connectivity index (χ3v) is 3.58. The third-order valence-electron chi connectivity index (χ3n) is 2.80. The predicted molar refractivity (Wildman–Crippen MR) is 76.3 cm³/mol. The Labute approximate surface area is 119 Å². The van der Waals surface area contributed by atoms with Crippen molar-refractivity contribution < 1.29 is 4.39 Å².